The van der Waals surface area contributed by atoms with E-state index in [1.165, 1.54) is 6.20 Å². The molecule has 28 heavy (non-hydrogen) atoms. The van der Waals surface area contributed by atoms with Gasteiger partial charge in [0.2, 0.25) is 0 Å². The lowest BCUT2D eigenvalue weighted by Gasteiger charge is -2.18. The third-order valence-electron chi connectivity index (χ3n) is 4.40. The zero-order chi connectivity index (χ0) is 19.7. The number of aryl methyl sites for hydroxylation is 1. The van der Waals surface area contributed by atoms with Crippen molar-refractivity contribution in [2.45, 2.75) is 6.92 Å². The molecular formula is C21H16N4O3. The van der Waals surface area contributed by atoms with Crippen molar-refractivity contribution in [1.29, 1.82) is 0 Å². The second-order valence-electron chi connectivity index (χ2n) is 6.29. The van der Waals surface area contributed by atoms with Gasteiger partial charge >= 0.3 is 5.69 Å². The van der Waals surface area contributed by atoms with Crippen LogP contribution in [0.4, 0.5) is 17.2 Å². The van der Waals surface area contributed by atoms with E-state index in [0.29, 0.717) is 22.6 Å². The molecule has 7 heteroatoms. The summed E-state index contributed by atoms with van der Waals surface area (Å²) in [5.41, 5.74) is 1.40. The van der Waals surface area contributed by atoms with E-state index in [2.05, 4.69) is 10.3 Å². The highest BCUT2D eigenvalue weighted by atomic mass is 16.6. The van der Waals surface area contributed by atoms with Gasteiger partial charge in [-0.25, -0.2) is 0 Å². The van der Waals surface area contributed by atoms with Gasteiger partial charge in [-0.3, -0.25) is 24.5 Å². The van der Waals surface area contributed by atoms with Gasteiger partial charge in [-0.05, 0) is 37.3 Å². The standard InChI is InChI=1S/C21H16N4O3/c1-14-12-18-17(13-22-14)20(26)19(25(27)28)21(23-15-8-4-2-5-9-15)24(18)16-10-6-3-7-11-16/h2-13,23H,1H3. The predicted octanol–water partition coefficient (Wildman–Crippen LogP) is 4.35. The normalized spacial score (nSPS) is 10.8. The lowest BCUT2D eigenvalue weighted by atomic mass is 10.1. The molecule has 0 atom stereocenters. The molecule has 0 saturated heterocycles. The van der Waals surface area contributed by atoms with Gasteiger partial charge in [0.1, 0.15) is 0 Å². The van der Waals surface area contributed by atoms with E-state index in [1.54, 1.807) is 22.8 Å². The Morgan fingerprint density at radius 3 is 2.32 bits per heavy atom. The average molecular weight is 372 g/mol. The fourth-order valence-corrected chi connectivity index (χ4v) is 3.15. The number of hydrogen-bond acceptors (Lipinski definition) is 5. The van der Waals surface area contributed by atoms with Crippen LogP contribution in [-0.2, 0) is 0 Å². The fourth-order valence-electron chi connectivity index (χ4n) is 3.15. The molecule has 138 valence electrons. The number of pyridine rings is 2. The van der Waals surface area contributed by atoms with Crippen molar-refractivity contribution >= 4 is 28.1 Å². The number of hydrogen-bond donors (Lipinski definition) is 1. The Morgan fingerprint density at radius 2 is 1.68 bits per heavy atom. The van der Waals surface area contributed by atoms with Crippen molar-refractivity contribution in [2.24, 2.45) is 0 Å². The molecule has 2 aromatic carbocycles. The number of nitrogens with zero attached hydrogens (tertiary/aromatic N) is 3. The van der Waals surface area contributed by atoms with Crippen LogP contribution in [-0.4, -0.2) is 14.5 Å². The van der Waals surface area contributed by atoms with Crippen LogP contribution < -0.4 is 10.7 Å². The highest BCUT2D eigenvalue weighted by Crippen LogP contribution is 2.32. The molecule has 2 heterocycles. The number of fused-ring (bicyclic) bond motifs is 1. The number of para-hydroxylation sites is 2. The Hall–Kier alpha value is -4.00. The minimum atomic E-state index is -0.668. The van der Waals surface area contributed by atoms with Gasteiger partial charge in [0.25, 0.3) is 5.43 Å². The number of rotatable bonds is 4. The molecule has 0 saturated carbocycles. The Labute approximate surface area is 160 Å². The van der Waals surface area contributed by atoms with Crippen molar-refractivity contribution in [3.05, 3.63) is 99.0 Å². The van der Waals surface area contributed by atoms with Gasteiger partial charge in [0.15, 0.2) is 5.82 Å². The molecule has 0 bridgehead atoms. The number of anilines is 2. The number of nitrogens with one attached hydrogen (secondary N) is 1. The van der Waals surface area contributed by atoms with E-state index in [4.69, 9.17) is 0 Å². The largest absolute Gasteiger partial charge is 0.357 e. The molecule has 0 aliphatic rings. The lowest BCUT2D eigenvalue weighted by Crippen LogP contribution is -2.18. The summed E-state index contributed by atoms with van der Waals surface area (Å²) in [4.78, 5) is 28.3. The second kappa shape index (κ2) is 6.96. The molecule has 2 aromatic heterocycles. The summed E-state index contributed by atoms with van der Waals surface area (Å²) in [6, 6.07) is 20.0. The van der Waals surface area contributed by atoms with E-state index in [9.17, 15) is 14.9 Å². The summed E-state index contributed by atoms with van der Waals surface area (Å²) in [6.45, 7) is 1.81. The van der Waals surface area contributed by atoms with Gasteiger partial charge in [0, 0.05) is 23.3 Å². The zero-order valence-corrected chi connectivity index (χ0v) is 15.0. The van der Waals surface area contributed by atoms with Crippen LogP contribution >= 0.6 is 0 Å². The molecule has 0 unspecified atom stereocenters. The summed E-state index contributed by atoms with van der Waals surface area (Å²) in [5.74, 6) is 0.102. The van der Waals surface area contributed by atoms with Crippen molar-refractivity contribution in [3.63, 3.8) is 0 Å². The SMILES string of the molecule is Cc1cc2c(cn1)c(=O)c([N+](=O)[O-])c(Nc1ccccc1)n2-c1ccccc1. The van der Waals surface area contributed by atoms with E-state index in [1.807, 2.05) is 55.5 Å². The quantitative estimate of drug-likeness (QED) is 0.425. The summed E-state index contributed by atoms with van der Waals surface area (Å²) in [5, 5.41) is 15.1. The topological polar surface area (TPSA) is 90.1 Å². The maximum Gasteiger partial charge on any atom is 0.357 e. The molecule has 0 amide bonds. The molecule has 0 fully saturated rings. The van der Waals surface area contributed by atoms with E-state index < -0.39 is 16.0 Å². The maximum absolute atomic E-state index is 12.9. The minimum Gasteiger partial charge on any atom is -0.335 e. The average Bonchev–Trinajstić information content (AvgIpc) is 2.69. The predicted molar refractivity (Wildman–Crippen MR) is 108 cm³/mol. The second-order valence-corrected chi connectivity index (χ2v) is 6.29. The molecule has 7 nitrogen and oxygen atoms in total. The maximum atomic E-state index is 12.9. The van der Waals surface area contributed by atoms with Gasteiger partial charge in [-0.15, -0.1) is 0 Å². The Morgan fingerprint density at radius 1 is 1.04 bits per heavy atom. The zero-order valence-electron chi connectivity index (χ0n) is 15.0. The van der Waals surface area contributed by atoms with E-state index in [-0.39, 0.29) is 11.2 Å². The monoisotopic (exact) mass is 372 g/mol. The van der Waals surface area contributed by atoms with Crippen molar-refractivity contribution in [1.82, 2.24) is 9.55 Å². The third kappa shape index (κ3) is 2.99. The van der Waals surface area contributed by atoms with Crippen LogP contribution in [0.3, 0.4) is 0 Å². The fraction of sp³-hybridized carbons (Fsp3) is 0.0476. The molecule has 0 aliphatic carbocycles. The van der Waals surface area contributed by atoms with Crippen LogP contribution in [0.25, 0.3) is 16.6 Å². The first kappa shape index (κ1) is 17.4. The first-order valence-corrected chi connectivity index (χ1v) is 8.63. The van der Waals surface area contributed by atoms with Crippen LogP contribution in [0.2, 0.25) is 0 Å². The van der Waals surface area contributed by atoms with Crippen molar-refractivity contribution in [2.75, 3.05) is 5.32 Å². The van der Waals surface area contributed by atoms with Gasteiger partial charge in [0.05, 0.1) is 15.8 Å². The smallest absolute Gasteiger partial charge is 0.335 e. The summed E-state index contributed by atoms with van der Waals surface area (Å²) < 4.78 is 1.69. The van der Waals surface area contributed by atoms with Crippen molar-refractivity contribution < 1.29 is 4.92 Å². The Kier molecular flexibility index (Phi) is 4.33. The molecule has 1 N–H and O–H groups in total. The summed E-state index contributed by atoms with van der Waals surface area (Å²) in [7, 11) is 0. The minimum absolute atomic E-state index is 0.102. The van der Waals surface area contributed by atoms with Crippen molar-refractivity contribution in [3.8, 4) is 5.69 Å². The molecule has 4 rings (SSSR count). The first-order valence-electron chi connectivity index (χ1n) is 8.63. The van der Waals surface area contributed by atoms with E-state index in [0.717, 1.165) is 0 Å². The van der Waals surface area contributed by atoms with Gasteiger partial charge in [-0.2, -0.15) is 0 Å². The Bertz CT molecular complexity index is 1240. The van der Waals surface area contributed by atoms with E-state index >= 15 is 0 Å². The van der Waals surface area contributed by atoms with Crippen LogP contribution in [0.1, 0.15) is 5.69 Å². The molecule has 0 radical (unpaired) electrons. The van der Waals surface area contributed by atoms with Crippen LogP contribution in [0.5, 0.6) is 0 Å². The highest BCUT2D eigenvalue weighted by Gasteiger charge is 2.27. The molecule has 0 aliphatic heterocycles. The molecular weight excluding hydrogens is 356 g/mol. The molecule has 0 spiro atoms. The Balaban J connectivity index is 2.16. The van der Waals surface area contributed by atoms with Gasteiger partial charge < -0.3 is 5.32 Å². The molecule has 4 aromatic rings. The van der Waals surface area contributed by atoms with Crippen LogP contribution in [0.15, 0.2) is 77.7 Å². The number of nitro groups is 1. The third-order valence-corrected chi connectivity index (χ3v) is 4.40. The number of aromatic nitrogens is 2. The van der Waals surface area contributed by atoms with Crippen LogP contribution in [0, 0.1) is 17.0 Å². The number of benzene rings is 2. The summed E-state index contributed by atoms with van der Waals surface area (Å²) in [6.07, 6.45) is 1.39. The summed E-state index contributed by atoms with van der Waals surface area (Å²) >= 11 is 0. The first-order chi connectivity index (χ1) is 13.6. The van der Waals surface area contributed by atoms with Gasteiger partial charge in [-0.1, -0.05) is 36.4 Å². The lowest BCUT2D eigenvalue weighted by molar-refractivity contribution is -0.385. The highest BCUT2D eigenvalue weighted by molar-refractivity contribution is 5.88.